The number of halogens is 3. The highest BCUT2D eigenvalue weighted by Gasteiger charge is 2.16. The lowest BCUT2D eigenvalue weighted by molar-refractivity contribution is 0.0592. The molecule has 14 rings (SSSR count). The highest BCUT2D eigenvalue weighted by molar-refractivity contribution is 14.0. The number of anilines is 6. The molecule has 8 aromatic carbocycles. The van der Waals surface area contributed by atoms with E-state index in [9.17, 15) is 24.0 Å². The molecular weight excluding hydrogens is 1790 g/mol. The molecule has 0 fully saturated rings. The third-order valence-corrected chi connectivity index (χ3v) is 17.1. The van der Waals surface area contributed by atoms with Gasteiger partial charge in [-0.2, -0.15) is 0 Å². The second-order valence-electron chi connectivity index (χ2n) is 24.7. The molecular formula is C84H81B2Br2IN18O14. The van der Waals surface area contributed by atoms with Crippen molar-refractivity contribution in [2.24, 2.45) is 0 Å². The SMILES string of the molecule is COC(=O)c1ccc(-c2cnc(N)c(-c3ccc(C)cc3)n2)cc1.COC(=O)c1ccc(-c2cnc(N)c(Br)n2)cc1.COC(=O)c1ccc(-c2cnc(N)cn2)cc1.COC(=O)c1ccc(B(O)O)cc1.Cc1ccc(-c2nc(-c3ccc(C(=O)O)cc3)cnc2N)cc1.Cc1ccc(B(O)O)cc1.I.Nc1cnc(Br)cn1.Nc1cnccn1. The van der Waals surface area contributed by atoms with E-state index >= 15 is 0 Å². The number of carboxylic acid groups (broad SMARTS) is 1. The average molecular weight is 1880 g/mol. The Balaban J connectivity index is 0.000000220. The van der Waals surface area contributed by atoms with Crippen LogP contribution < -0.4 is 45.3 Å². The number of nitrogens with zero attached hydrogens (tertiary/aromatic N) is 12. The third-order valence-electron chi connectivity index (χ3n) is 16.1. The largest absolute Gasteiger partial charge is 0.488 e. The molecule has 6 heterocycles. The van der Waals surface area contributed by atoms with E-state index in [0.717, 1.165) is 44.5 Å². The lowest BCUT2D eigenvalue weighted by atomic mass is 9.80. The van der Waals surface area contributed by atoms with Crippen LogP contribution in [0, 0.1) is 20.8 Å². The fourth-order valence-corrected chi connectivity index (χ4v) is 10.2. The Hall–Kier alpha value is -14.0. The Kier molecular flexibility index (Phi) is 38.6. The van der Waals surface area contributed by atoms with Crippen molar-refractivity contribution in [2.45, 2.75) is 20.8 Å². The molecule has 37 heteroatoms. The lowest BCUT2D eigenvalue weighted by Crippen LogP contribution is -2.29. The molecule has 0 aliphatic rings. The number of carbonyl (C=O) groups is 5. The van der Waals surface area contributed by atoms with Gasteiger partial charge in [-0.1, -0.05) is 150 Å². The van der Waals surface area contributed by atoms with Crippen LogP contribution in [0.5, 0.6) is 0 Å². The van der Waals surface area contributed by atoms with Crippen LogP contribution in [0.2, 0.25) is 0 Å². The Labute approximate surface area is 729 Å². The Morgan fingerprint density at radius 3 is 0.909 bits per heavy atom. The first-order valence-corrected chi connectivity index (χ1v) is 36.9. The van der Waals surface area contributed by atoms with Crippen LogP contribution in [0.25, 0.3) is 67.5 Å². The minimum absolute atomic E-state index is 0. The van der Waals surface area contributed by atoms with E-state index in [1.807, 2.05) is 93.6 Å². The Morgan fingerprint density at radius 1 is 0.322 bits per heavy atom. The van der Waals surface area contributed by atoms with Gasteiger partial charge in [-0.3, -0.25) is 9.97 Å². The summed E-state index contributed by atoms with van der Waals surface area (Å²) < 4.78 is 19.6. The summed E-state index contributed by atoms with van der Waals surface area (Å²) >= 11 is 6.34. The number of aromatic carboxylic acids is 1. The standard InChI is InChI=1S/C19H17N3O2.C18H15N3O2.C12H10BrN3O2.C12H11N3O2.C8H9BO4.C7H9BO2.C4H4BrN3.C4H5N3.HI/c1-12-3-5-14(6-4-12)17-18(20)21-11-16(22-17)13-7-9-15(10-8-13)19(23)24-2;1-11-2-4-13(5-3-11)16-17(19)20-10-15(21-16)12-6-8-14(9-7-12)18(22)23;1-18-12(17)8-4-2-7(3-5-8)9-6-15-11(14)10(13)16-9;1-17-12(16)9-4-2-8(3-5-9)10-6-15-11(13)7-14-10;1-13-8(10)6-2-4-7(5-3-6)9(11)12;1-6-2-4-7(5-3-6)8(9)10;5-3-1-8-4(6)2-7-3;5-4-3-6-1-2-7-4;/h3-11H,1-2H3,(H2,20,21);2-10H,1H3,(H2,19,20)(H,22,23);2-6H,1H3,(H2,14,15);2-7H,1H3,(H2,13,15);2-5,11-12H,1H3;2-5,9-10H,1H3;1-2H,(H2,6,8);1-3H,(H2,5,7);1H. The van der Waals surface area contributed by atoms with Gasteiger partial charge in [0, 0.05) is 45.8 Å². The van der Waals surface area contributed by atoms with Gasteiger partial charge < -0.3 is 78.6 Å². The van der Waals surface area contributed by atoms with Gasteiger partial charge >= 0.3 is 44.1 Å². The first-order valence-electron chi connectivity index (χ1n) is 35.3. The molecule has 14 aromatic rings. The number of esters is 4. The number of carbonyl (C=O) groups excluding carboxylic acids is 4. The first kappa shape index (κ1) is 95.9. The lowest BCUT2D eigenvalue weighted by Gasteiger charge is -2.08. The molecule has 0 spiro atoms. The van der Waals surface area contributed by atoms with Gasteiger partial charge in [0.2, 0.25) is 0 Å². The van der Waals surface area contributed by atoms with Crippen LogP contribution in [0.15, 0.2) is 265 Å². The number of nitrogen functional groups attached to an aromatic ring is 6. The number of aromatic nitrogens is 12. The normalized spacial score (nSPS) is 9.86. The van der Waals surface area contributed by atoms with Crippen LogP contribution in [0.1, 0.15) is 68.5 Å². The number of aryl methyl sites for hydroxylation is 3. The van der Waals surface area contributed by atoms with Crippen LogP contribution in [-0.4, -0.2) is 158 Å². The van der Waals surface area contributed by atoms with Crippen molar-refractivity contribution in [1.82, 2.24) is 59.8 Å². The maximum absolute atomic E-state index is 11.5. The van der Waals surface area contributed by atoms with E-state index < -0.39 is 26.2 Å². The zero-order chi connectivity index (χ0) is 87.4. The van der Waals surface area contributed by atoms with E-state index in [1.165, 1.54) is 76.9 Å². The predicted molar refractivity (Wildman–Crippen MR) is 481 cm³/mol. The molecule has 0 unspecified atom stereocenters. The second-order valence-corrected chi connectivity index (χ2v) is 26.3. The van der Waals surface area contributed by atoms with Gasteiger partial charge in [0.1, 0.15) is 49.7 Å². The quantitative estimate of drug-likeness (QED) is 0.0221. The zero-order valence-electron chi connectivity index (χ0n) is 65.8. The van der Waals surface area contributed by atoms with Crippen molar-refractivity contribution in [1.29, 1.82) is 0 Å². The van der Waals surface area contributed by atoms with Crippen LogP contribution >= 0.6 is 55.8 Å². The van der Waals surface area contributed by atoms with Gasteiger partial charge in [0.25, 0.3) is 0 Å². The van der Waals surface area contributed by atoms with E-state index in [4.69, 9.17) is 64.3 Å². The van der Waals surface area contributed by atoms with Crippen molar-refractivity contribution in [3.63, 3.8) is 0 Å². The molecule has 121 heavy (non-hydrogen) atoms. The summed E-state index contributed by atoms with van der Waals surface area (Å²) in [6.45, 7) is 5.99. The van der Waals surface area contributed by atoms with E-state index in [2.05, 4.69) is 106 Å². The average Bonchev–Trinajstić information content (AvgIpc) is 0.805. The topological polar surface area (TPSA) is 534 Å². The number of benzene rings is 8. The number of nitrogens with two attached hydrogens (primary N) is 6. The number of carboxylic acids is 1. The monoisotopic (exact) mass is 1870 g/mol. The molecule has 0 bridgehead atoms. The summed E-state index contributed by atoms with van der Waals surface area (Å²) in [4.78, 5) is 105. The van der Waals surface area contributed by atoms with Crippen LogP contribution in [0.4, 0.5) is 34.9 Å². The van der Waals surface area contributed by atoms with Gasteiger partial charge in [0.15, 0.2) is 5.82 Å². The number of hydrogen-bond donors (Lipinski definition) is 11. The van der Waals surface area contributed by atoms with Gasteiger partial charge in [-0.25, -0.2) is 73.8 Å². The molecule has 0 amide bonds. The van der Waals surface area contributed by atoms with Crippen LogP contribution in [0.3, 0.4) is 0 Å². The number of ether oxygens (including phenoxy) is 4. The summed E-state index contributed by atoms with van der Waals surface area (Å²) in [7, 11) is 2.49. The van der Waals surface area contributed by atoms with Gasteiger partial charge in [0.05, 0.1) is 129 Å². The van der Waals surface area contributed by atoms with Crippen molar-refractivity contribution in [3.05, 3.63) is 310 Å². The molecule has 17 N–H and O–H groups in total. The van der Waals surface area contributed by atoms with Crippen molar-refractivity contribution < 1.29 is 68.1 Å². The fraction of sp³-hybridized carbons (Fsp3) is 0.0833. The molecule has 0 saturated carbocycles. The molecule has 0 radical (unpaired) electrons. The van der Waals surface area contributed by atoms with Crippen molar-refractivity contribution in [2.75, 3.05) is 62.8 Å². The predicted octanol–water partition coefficient (Wildman–Crippen LogP) is 11.0. The molecule has 0 atom stereocenters. The molecule has 618 valence electrons. The molecule has 32 nitrogen and oxygen atoms in total. The van der Waals surface area contributed by atoms with Gasteiger partial charge in [-0.15, -0.1) is 24.0 Å². The van der Waals surface area contributed by atoms with E-state index in [-0.39, 0.29) is 47.4 Å². The number of rotatable bonds is 13. The highest BCUT2D eigenvalue weighted by Crippen LogP contribution is 2.29. The van der Waals surface area contributed by atoms with Crippen molar-refractivity contribution >= 4 is 146 Å². The zero-order valence-corrected chi connectivity index (χ0v) is 71.3. The second kappa shape index (κ2) is 48.7. The summed E-state index contributed by atoms with van der Waals surface area (Å²) in [5.41, 5.74) is 48.9. The summed E-state index contributed by atoms with van der Waals surface area (Å²) in [6, 6.07) is 56.1. The summed E-state index contributed by atoms with van der Waals surface area (Å²) in [5, 5.41) is 43.8. The maximum Gasteiger partial charge on any atom is 0.488 e. The Morgan fingerprint density at radius 2 is 0.620 bits per heavy atom. The molecule has 0 aliphatic heterocycles. The third kappa shape index (κ3) is 30.8. The molecule has 0 aliphatic carbocycles. The summed E-state index contributed by atoms with van der Waals surface area (Å²) in [6.07, 6.45) is 15.5. The van der Waals surface area contributed by atoms with Crippen molar-refractivity contribution in [3.8, 4) is 67.5 Å². The molecule has 6 aromatic heterocycles. The Bertz CT molecular complexity index is 5630. The fourth-order valence-electron chi connectivity index (χ4n) is 9.67. The highest BCUT2D eigenvalue weighted by atomic mass is 127. The van der Waals surface area contributed by atoms with E-state index in [0.29, 0.717) is 111 Å². The minimum atomic E-state index is -1.51. The van der Waals surface area contributed by atoms with Gasteiger partial charge in [-0.05, 0) is 124 Å². The minimum Gasteiger partial charge on any atom is -0.478 e. The smallest absolute Gasteiger partial charge is 0.478 e. The maximum atomic E-state index is 11.5. The van der Waals surface area contributed by atoms with Crippen LogP contribution in [-0.2, 0) is 18.9 Å². The summed E-state index contributed by atoms with van der Waals surface area (Å²) in [5.74, 6) is -0.148. The number of hydrogen-bond acceptors (Lipinski definition) is 31. The molecule has 0 saturated heterocycles. The van der Waals surface area contributed by atoms with E-state index in [1.54, 1.807) is 140 Å². The number of methoxy groups -OCH3 is 4. The first-order chi connectivity index (χ1) is 57.5.